The van der Waals surface area contributed by atoms with Crippen LogP contribution in [0.15, 0.2) is 60.7 Å². The van der Waals surface area contributed by atoms with E-state index in [2.05, 4.69) is 24.4 Å². The molecule has 0 atom stereocenters. The van der Waals surface area contributed by atoms with Gasteiger partial charge in [0.2, 0.25) is 5.91 Å². The minimum atomic E-state index is -0.352. The number of benzene rings is 3. The average Bonchev–Trinajstić information content (AvgIpc) is 2.85. The second-order valence-corrected chi connectivity index (χ2v) is 9.47. The number of carbonyl (C=O) groups excluding carboxylic acids is 1. The molecule has 1 saturated carbocycles. The summed E-state index contributed by atoms with van der Waals surface area (Å²) in [6, 6.07) is 18.0. The van der Waals surface area contributed by atoms with Crippen molar-refractivity contribution >= 4 is 5.91 Å². The molecule has 2 N–H and O–H groups in total. The van der Waals surface area contributed by atoms with Crippen molar-refractivity contribution in [3.8, 4) is 22.6 Å². The highest BCUT2D eigenvalue weighted by atomic mass is 19.1. The van der Waals surface area contributed by atoms with Crippen molar-refractivity contribution in [2.45, 2.75) is 64.8 Å². The van der Waals surface area contributed by atoms with Crippen LogP contribution >= 0.6 is 0 Å². The lowest BCUT2D eigenvalue weighted by Crippen LogP contribution is -2.28. The van der Waals surface area contributed by atoms with Crippen LogP contribution in [0.4, 0.5) is 4.39 Å². The number of hydrogen-bond acceptors (Lipinski definition) is 4. The van der Waals surface area contributed by atoms with Crippen molar-refractivity contribution in [1.82, 2.24) is 5.32 Å². The molecule has 0 spiro atoms. The molecular formula is C30H34FNO4. The zero-order valence-electron chi connectivity index (χ0n) is 20.9. The first-order valence-electron chi connectivity index (χ1n) is 12.6. The van der Waals surface area contributed by atoms with E-state index in [4.69, 9.17) is 9.47 Å². The molecule has 0 bridgehead atoms. The van der Waals surface area contributed by atoms with E-state index in [0.29, 0.717) is 42.0 Å². The molecule has 0 aliphatic heterocycles. The summed E-state index contributed by atoms with van der Waals surface area (Å²) in [5.41, 5.74) is 4.46. The molecule has 1 aliphatic carbocycles. The fourth-order valence-corrected chi connectivity index (χ4v) is 4.73. The summed E-state index contributed by atoms with van der Waals surface area (Å²) in [6.07, 6.45) is 4.19. The Morgan fingerprint density at radius 1 is 1.03 bits per heavy atom. The maximum Gasteiger partial charge on any atom is 0.216 e. The van der Waals surface area contributed by atoms with E-state index in [1.165, 1.54) is 30.2 Å². The van der Waals surface area contributed by atoms with Gasteiger partial charge < -0.3 is 19.9 Å². The monoisotopic (exact) mass is 491 g/mol. The number of ether oxygens (including phenoxy) is 2. The topological polar surface area (TPSA) is 67.8 Å². The van der Waals surface area contributed by atoms with Gasteiger partial charge in [0.05, 0.1) is 18.8 Å². The van der Waals surface area contributed by atoms with Gasteiger partial charge in [0, 0.05) is 25.1 Å². The van der Waals surface area contributed by atoms with Crippen molar-refractivity contribution in [1.29, 1.82) is 0 Å². The number of halogens is 1. The van der Waals surface area contributed by atoms with Gasteiger partial charge in [-0.05, 0) is 79.5 Å². The van der Waals surface area contributed by atoms with Crippen molar-refractivity contribution < 1.29 is 23.8 Å². The van der Waals surface area contributed by atoms with Gasteiger partial charge in [0.15, 0.2) is 0 Å². The van der Waals surface area contributed by atoms with Crippen LogP contribution in [-0.4, -0.2) is 29.8 Å². The van der Waals surface area contributed by atoms with Gasteiger partial charge in [-0.2, -0.15) is 0 Å². The Hall–Kier alpha value is -3.38. The van der Waals surface area contributed by atoms with Crippen LogP contribution in [0.3, 0.4) is 0 Å². The highest BCUT2D eigenvalue weighted by molar-refractivity contribution is 5.74. The molecule has 0 radical (unpaired) electrons. The third-order valence-electron chi connectivity index (χ3n) is 6.74. The van der Waals surface area contributed by atoms with Crippen LogP contribution in [0.5, 0.6) is 11.5 Å². The van der Waals surface area contributed by atoms with Gasteiger partial charge in [-0.25, -0.2) is 4.39 Å². The molecular weight excluding hydrogens is 457 g/mol. The second-order valence-electron chi connectivity index (χ2n) is 9.47. The van der Waals surface area contributed by atoms with Crippen LogP contribution in [0.1, 0.15) is 49.3 Å². The fraction of sp³-hybridized carbons (Fsp3) is 0.367. The molecule has 1 fully saturated rings. The first-order valence-corrected chi connectivity index (χ1v) is 12.6. The highest BCUT2D eigenvalue weighted by Crippen LogP contribution is 2.37. The average molecular weight is 492 g/mol. The van der Waals surface area contributed by atoms with E-state index < -0.39 is 0 Å². The maximum atomic E-state index is 14.0. The molecule has 190 valence electrons. The molecule has 1 aliphatic rings. The zero-order chi connectivity index (χ0) is 25.5. The van der Waals surface area contributed by atoms with Gasteiger partial charge in [-0.1, -0.05) is 36.4 Å². The first-order chi connectivity index (χ1) is 17.4. The van der Waals surface area contributed by atoms with Gasteiger partial charge in [0.25, 0.3) is 0 Å². The van der Waals surface area contributed by atoms with E-state index >= 15 is 0 Å². The molecule has 0 heterocycles. The Morgan fingerprint density at radius 3 is 2.50 bits per heavy atom. The number of phenolic OH excluding ortho intramolecular Hbond substituents is 1. The number of aryl methyl sites for hydroxylation is 1. The van der Waals surface area contributed by atoms with E-state index in [0.717, 1.165) is 25.7 Å². The molecule has 3 aromatic carbocycles. The summed E-state index contributed by atoms with van der Waals surface area (Å²) in [4.78, 5) is 11.3. The molecule has 6 heteroatoms. The summed E-state index contributed by atoms with van der Waals surface area (Å²) in [5, 5.41) is 13.6. The molecule has 5 nitrogen and oxygen atoms in total. The van der Waals surface area contributed by atoms with Gasteiger partial charge in [-0.15, -0.1) is 0 Å². The summed E-state index contributed by atoms with van der Waals surface area (Å²) < 4.78 is 26.4. The maximum absolute atomic E-state index is 14.0. The van der Waals surface area contributed by atoms with Crippen LogP contribution < -0.4 is 10.1 Å². The number of nitrogens with one attached hydrogen (secondary N) is 1. The number of rotatable bonds is 9. The minimum absolute atomic E-state index is 0.0216. The van der Waals surface area contributed by atoms with Crippen molar-refractivity contribution in [3.63, 3.8) is 0 Å². The molecule has 1 amide bonds. The normalized spacial score (nSPS) is 17.5. The Kier molecular flexibility index (Phi) is 8.60. The zero-order valence-corrected chi connectivity index (χ0v) is 20.9. The summed E-state index contributed by atoms with van der Waals surface area (Å²) in [5.74, 6) is 0.141. The third kappa shape index (κ3) is 6.85. The van der Waals surface area contributed by atoms with Gasteiger partial charge >= 0.3 is 0 Å². The lowest BCUT2D eigenvalue weighted by molar-refractivity contribution is -0.118. The molecule has 4 rings (SSSR count). The lowest BCUT2D eigenvalue weighted by atomic mass is 9.94. The van der Waals surface area contributed by atoms with Crippen LogP contribution in [0.25, 0.3) is 11.1 Å². The van der Waals surface area contributed by atoms with Crippen molar-refractivity contribution in [2.24, 2.45) is 0 Å². The Morgan fingerprint density at radius 2 is 1.78 bits per heavy atom. The van der Waals surface area contributed by atoms with E-state index in [9.17, 15) is 14.3 Å². The van der Waals surface area contributed by atoms with Crippen molar-refractivity contribution in [2.75, 3.05) is 6.54 Å². The minimum Gasteiger partial charge on any atom is -0.508 e. The third-order valence-corrected chi connectivity index (χ3v) is 6.74. The lowest BCUT2D eigenvalue weighted by Gasteiger charge is -2.29. The van der Waals surface area contributed by atoms with Crippen LogP contribution in [-0.2, 0) is 22.6 Å². The van der Waals surface area contributed by atoms with Crippen LogP contribution in [0.2, 0.25) is 0 Å². The van der Waals surface area contributed by atoms with E-state index in [-0.39, 0.29) is 29.7 Å². The molecule has 0 unspecified atom stereocenters. The van der Waals surface area contributed by atoms with Crippen LogP contribution in [0, 0.1) is 12.7 Å². The Labute approximate surface area is 212 Å². The Bertz CT molecular complexity index is 1190. The molecule has 3 aromatic rings. The second kappa shape index (κ2) is 12.0. The standard InChI is InChI=1S/C30H34FNO4/c1-20-6-3-4-7-23(20)19-35-25-10-12-26(13-11-25)36-27-17-29(22-8-5-9-24(31)16-22)28(30(34)18-27)14-15-32-21(2)33/h3-9,16-18,25-26,34H,10-15,19H2,1-2H3,(H,32,33). The number of aromatic hydroxyl groups is 1. The summed E-state index contributed by atoms with van der Waals surface area (Å²) in [6.45, 7) is 4.54. The quantitative estimate of drug-likeness (QED) is 0.380. The number of phenols is 1. The number of carbonyl (C=O) groups is 1. The SMILES string of the molecule is CC(=O)NCCc1c(O)cc(OC2CCC(OCc3ccccc3C)CC2)cc1-c1cccc(F)c1. The van der Waals surface area contributed by atoms with Gasteiger partial charge in [0.1, 0.15) is 17.3 Å². The van der Waals surface area contributed by atoms with Crippen molar-refractivity contribution in [3.05, 3.63) is 83.2 Å². The van der Waals surface area contributed by atoms with E-state index in [1.807, 2.05) is 18.2 Å². The highest BCUT2D eigenvalue weighted by Gasteiger charge is 2.24. The number of hydrogen-bond donors (Lipinski definition) is 2. The molecule has 0 saturated heterocycles. The smallest absolute Gasteiger partial charge is 0.216 e. The first kappa shape index (κ1) is 25.7. The molecule has 0 aromatic heterocycles. The van der Waals surface area contributed by atoms with E-state index in [1.54, 1.807) is 18.2 Å². The largest absolute Gasteiger partial charge is 0.508 e. The molecule has 36 heavy (non-hydrogen) atoms. The van der Waals surface area contributed by atoms with Gasteiger partial charge in [-0.3, -0.25) is 4.79 Å². The number of amides is 1. The summed E-state index contributed by atoms with van der Waals surface area (Å²) >= 11 is 0. The predicted molar refractivity (Wildman–Crippen MR) is 139 cm³/mol. The summed E-state index contributed by atoms with van der Waals surface area (Å²) in [7, 11) is 0. The fourth-order valence-electron chi connectivity index (χ4n) is 4.73. The predicted octanol–water partition coefficient (Wildman–Crippen LogP) is 6.09. The Balaban J connectivity index is 1.42.